The quantitative estimate of drug-likeness (QED) is 0.871. The Kier molecular flexibility index (Phi) is 5.82. The summed E-state index contributed by atoms with van der Waals surface area (Å²) >= 11 is 1.34. The molecule has 1 N–H and O–H groups in total. The first-order valence-corrected chi connectivity index (χ1v) is 10.1. The first kappa shape index (κ1) is 16.9. The second kappa shape index (κ2) is 7.22. The average Bonchev–Trinajstić information content (AvgIpc) is 2.94. The van der Waals surface area contributed by atoms with Gasteiger partial charge in [-0.25, -0.2) is 8.42 Å². The molecule has 0 amide bonds. The largest absolute Gasteiger partial charge is 0.310 e. The lowest BCUT2D eigenvalue weighted by Gasteiger charge is -2.33. The van der Waals surface area contributed by atoms with Crippen LogP contribution in [0.25, 0.3) is 0 Å². The van der Waals surface area contributed by atoms with E-state index in [1.165, 1.54) is 11.3 Å². The monoisotopic (exact) mass is 330 g/mol. The summed E-state index contributed by atoms with van der Waals surface area (Å²) < 4.78 is 27.9. The Hall–Kier alpha value is -0.430. The molecule has 2 heterocycles. The number of nitrogens with one attached hydrogen (secondary N) is 1. The molecule has 2 rings (SSSR count). The van der Waals surface area contributed by atoms with Crippen molar-refractivity contribution in [3.8, 4) is 0 Å². The second-order valence-corrected chi connectivity index (χ2v) is 9.01. The van der Waals surface area contributed by atoms with E-state index in [9.17, 15) is 8.42 Å². The fourth-order valence-corrected chi connectivity index (χ4v) is 5.82. The molecule has 120 valence electrons. The highest BCUT2D eigenvalue weighted by atomic mass is 32.2. The topological polar surface area (TPSA) is 49.4 Å². The molecule has 0 spiro atoms. The second-order valence-electron chi connectivity index (χ2n) is 5.98. The van der Waals surface area contributed by atoms with E-state index in [2.05, 4.69) is 26.1 Å². The van der Waals surface area contributed by atoms with E-state index in [1.54, 1.807) is 4.31 Å². The van der Waals surface area contributed by atoms with Gasteiger partial charge in [0.05, 0.1) is 0 Å². The number of thiophene rings is 1. The summed E-state index contributed by atoms with van der Waals surface area (Å²) in [5.74, 6) is 0. The molecule has 1 atom stereocenters. The van der Waals surface area contributed by atoms with Gasteiger partial charge in [0.15, 0.2) is 0 Å². The Labute approximate surface area is 132 Å². The molecular formula is C15H26N2O2S2. The lowest BCUT2D eigenvalue weighted by molar-refractivity contribution is 0.247. The van der Waals surface area contributed by atoms with Gasteiger partial charge >= 0.3 is 0 Å². The fraction of sp³-hybridized carbons (Fsp3) is 0.733. The molecule has 0 radical (unpaired) electrons. The van der Waals surface area contributed by atoms with E-state index in [4.69, 9.17) is 0 Å². The summed E-state index contributed by atoms with van der Waals surface area (Å²) in [5, 5.41) is 5.28. The maximum absolute atomic E-state index is 12.8. The molecule has 1 saturated heterocycles. The average molecular weight is 331 g/mol. The van der Waals surface area contributed by atoms with Crippen molar-refractivity contribution >= 4 is 21.4 Å². The molecule has 1 aromatic rings. The maximum atomic E-state index is 12.8. The summed E-state index contributed by atoms with van der Waals surface area (Å²) in [6.45, 7) is 7.64. The third kappa shape index (κ3) is 4.06. The van der Waals surface area contributed by atoms with Crippen LogP contribution in [0.15, 0.2) is 15.7 Å². The molecular weight excluding hydrogens is 304 g/mol. The van der Waals surface area contributed by atoms with Gasteiger partial charge in [0.1, 0.15) is 4.21 Å². The Morgan fingerprint density at radius 1 is 1.43 bits per heavy atom. The highest BCUT2D eigenvalue weighted by Gasteiger charge is 2.33. The van der Waals surface area contributed by atoms with Gasteiger partial charge in [-0.2, -0.15) is 4.31 Å². The molecule has 6 heteroatoms. The van der Waals surface area contributed by atoms with Gasteiger partial charge < -0.3 is 5.32 Å². The van der Waals surface area contributed by atoms with E-state index in [0.717, 1.165) is 37.8 Å². The van der Waals surface area contributed by atoms with Crippen LogP contribution < -0.4 is 5.32 Å². The van der Waals surface area contributed by atoms with E-state index < -0.39 is 10.0 Å². The minimum absolute atomic E-state index is 0.170. The van der Waals surface area contributed by atoms with E-state index in [-0.39, 0.29) is 6.04 Å². The molecule has 1 aliphatic heterocycles. The lowest BCUT2D eigenvalue weighted by atomic mass is 10.0. The van der Waals surface area contributed by atoms with E-state index in [1.807, 2.05) is 11.4 Å². The zero-order valence-corrected chi connectivity index (χ0v) is 14.8. The van der Waals surface area contributed by atoms with Crippen LogP contribution in [0.4, 0.5) is 0 Å². The fourth-order valence-electron chi connectivity index (χ4n) is 2.72. The smallest absolute Gasteiger partial charge is 0.252 e. The van der Waals surface area contributed by atoms with Gasteiger partial charge in [0, 0.05) is 25.2 Å². The molecule has 0 saturated carbocycles. The first-order chi connectivity index (χ1) is 9.95. The van der Waals surface area contributed by atoms with Crippen LogP contribution in [0, 0.1) is 0 Å². The van der Waals surface area contributed by atoms with Crippen molar-refractivity contribution in [2.45, 2.75) is 69.3 Å². The first-order valence-electron chi connectivity index (χ1n) is 7.77. The summed E-state index contributed by atoms with van der Waals surface area (Å²) in [6, 6.07) is 2.40. The summed E-state index contributed by atoms with van der Waals surface area (Å²) in [6.07, 6.45) is 4.00. The summed E-state index contributed by atoms with van der Waals surface area (Å²) in [4.78, 5) is 0. The van der Waals surface area contributed by atoms with Crippen LogP contribution in [0.1, 0.15) is 52.0 Å². The van der Waals surface area contributed by atoms with Crippen molar-refractivity contribution in [3.05, 3.63) is 17.0 Å². The summed E-state index contributed by atoms with van der Waals surface area (Å²) in [5.41, 5.74) is 1.05. The van der Waals surface area contributed by atoms with Gasteiger partial charge in [-0.3, -0.25) is 0 Å². The van der Waals surface area contributed by atoms with Gasteiger partial charge in [-0.1, -0.05) is 27.2 Å². The minimum Gasteiger partial charge on any atom is -0.310 e. The number of nitrogens with zero attached hydrogens (tertiary/aromatic N) is 1. The number of rotatable bonds is 6. The van der Waals surface area contributed by atoms with Crippen LogP contribution in [0.2, 0.25) is 0 Å². The molecule has 1 aromatic heterocycles. The van der Waals surface area contributed by atoms with Crippen molar-refractivity contribution in [3.63, 3.8) is 0 Å². The number of hydrogen-bond donors (Lipinski definition) is 1. The molecule has 1 unspecified atom stereocenters. The Morgan fingerprint density at radius 2 is 2.19 bits per heavy atom. The molecule has 4 nitrogen and oxygen atoms in total. The highest BCUT2D eigenvalue weighted by Crippen LogP contribution is 2.30. The van der Waals surface area contributed by atoms with Crippen LogP contribution in [-0.2, 0) is 16.6 Å². The zero-order chi connectivity index (χ0) is 15.5. The highest BCUT2D eigenvalue weighted by molar-refractivity contribution is 7.91. The van der Waals surface area contributed by atoms with Gasteiger partial charge in [0.25, 0.3) is 10.0 Å². The molecule has 21 heavy (non-hydrogen) atoms. The third-order valence-electron chi connectivity index (χ3n) is 3.95. The SMILES string of the molecule is CCC1CCCCN1S(=O)(=O)c1cc(CNC(C)C)cs1. The van der Waals surface area contributed by atoms with E-state index in [0.29, 0.717) is 16.8 Å². The van der Waals surface area contributed by atoms with Crippen molar-refractivity contribution in [1.82, 2.24) is 9.62 Å². The summed E-state index contributed by atoms with van der Waals surface area (Å²) in [7, 11) is -3.32. The van der Waals surface area contributed by atoms with Crippen LogP contribution in [0.5, 0.6) is 0 Å². The molecule has 0 aliphatic carbocycles. The minimum atomic E-state index is -3.32. The Balaban J connectivity index is 2.15. The van der Waals surface area contributed by atoms with Crippen LogP contribution in [0.3, 0.4) is 0 Å². The van der Waals surface area contributed by atoms with Crippen molar-refractivity contribution in [2.75, 3.05) is 6.54 Å². The van der Waals surface area contributed by atoms with Crippen LogP contribution in [-0.4, -0.2) is 31.4 Å². The normalized spacial score (nSPS) is 21.0. The predicted octanol–water partition coefficient (Wildman–Crippen LogP) is 3.20. The number of piperidine rings is 1. The van der Waals surface area contributed by atoms with Gasteiger partial charge in [-0.05, 0) is 36.3 Å². The zero-order valence-electron chi connectivity index (χ0n) is 13.1. The van der Waals surface area contributed by atoms with Crippen molar-refractivity contribution in [1.29, 1.82) is 0 Å². The lowest BCUT2D eigenvalue weighted by Crippen LogP contribution is -2.42. The van der Waals surface area contributed by atoms with E-state index >= 15 is 0 Å². The maximum Gasteiger partial charge on any atom is 0.252 e. The predicted molar refractivity (Wildman–Crippen MR) is 88.1 cm³/mol. The Morgan fingerprint density at radius 3 is 2.86 bits per heavy atom. The van der Waals surface area contributed by atoms with Gasteiger partial charge in [0.2, 0.25) is 0 Å². The van der Waals surface area contributed by atoms with Crippen LogP contribution >= 0.6 is 11.3 Å². The standard InChI is InChI=1S/C15H26N2O2S2/c1-4-14-7-5-6-8-17(14)21(18,19)15-9-13(11-20-15)10-16-12(2)3/h9,11-12,14,16H,4-8,10H2,1-3H3. The number of sulfonamides is 1. The molecule has 1 aliphatic rings. The van der Waals surface area contributed by atoms with Gasteiger partial charge in [-0.15, -0.1) is 11.3 Å². The Bertz CT molecular complexity index is 552. The third-order valence-corrected chi connectivity index (χ3v) is 7.37. The molecule has 1 fully saturated rings. The molecule has 0 aromatic carbocycles. The van der Waals surface area contributed by atoms with Crippen molar-refractivity contribution < 1.29 is 8.42 Å². The number of hydrogen-bond acceptors (Lipinski definition) is 4. The van der Waals surface area contributed by atoms with Crippen molar-refractivity contribution in [2.24, 2.45) is 0 Å². The molecule has 0 bridgehead atoms.